The molecule has 0 aromatic carbocycles. The molecule has 0 saturated carbocycles. The number of nitrogens with zero attached hydrogens (tertiary/aromatic N) is 2. The number of nitrogens with one attached hydrogen (secondary N) is 1. The molecule has 0 aliphatic heterocycles. The van der Waals surface area contributed by atoms with Crippen LogP contribution in [0.1, 0.15) is 71.4 Å². The van der Waals surface area contributed by atoms with Crippen molar-refractivity contribution in [3.05, 3.63) is 10.6 Å². The fourth-order valence-corrected chi connectivity index (χ4v) is 3.35. The molecule has 0 fully saturated rings. The van der Waals surface area contributed by atoms with Crippen molar-refractivity contribution in [2.75, 3.05) is 18.5 Å². The van der Waals surface area contributed by atoms with Gasteiger partial charge in [0, 0.05) is 24.0 Å². The third-order valence-corrected chi connectivity index (χ3v) is 5.31. The average molecular weight is 312 g/mol. The largest absolute Gasteiger partial charge is 0.346 e. The van der Waals surface area contributed by atoms with E-state index in [1.165, 1.54) is 10.6 Å². The molecule has 0 aliphatic rings. The normalized spacial score (nSPS) is 12.5. The molecule has 1 heterocycles. The summed E-state index contributed by atoms with van der Waals surface area (Å²) in [6.45, 7) is 17.7. The lowest BCUT2D eigenvalue weighted by atomic mass is 10.0. The first-order valence-corrected chi connectivity index (χ1v) is 8.94. The van der Waals surface area contributed by atoms with Gasteiger partial charge in [0.2, 0.25) is 0 Å². The zero-order valence-corrected chi connectivity index (χ0v) is 15.9. The van der Waals surface area contributed by atoms with Gasteiger partial charge in [-0.3, -0.25) is 0 Å². The zero-order chi connectivity index (χ0) is 16.2. The summed E-state index contributed by atoms with van der Waals surface area (Å²) in [4.78, 5) is 8.64. The molecule has 0 bridgehead atoms. The molecule has 1 aromatic rings. The van der Waals surface area contributed by atoms with Crippen molar-refractivity contribution < 1.29 is 0 Å². The molecule has 0 amide bonds. The summed E-state index contributed by atoms with van der Waals surface area (Å²) in [5.41, 5.74) is 1.40. The van der Waals surface area contributed by atoms with Crippen LogP contribution in [0.3, 0.4) is 0 Å². The molecule has 0 radical (unpaired) electrons. The monoisotopic (exact) mass is 311 g/mol. The maximum atomic E-state index is 4.93. The van der Waals surface area contributed by atoms with Gasteiger partial charge in [-0.15, -0.1) is 11.3 Å². The predicted octanol–water partition coefficient (Wildman–Crippen LogP) is 4.64. The first kappa shape index (κ1) is 18.4. The number of rotatable bonds is 8. The minimum atomic E-state index is 0.148. The Labute approximate surface area is 135 Å². The molecule has 3 nitrogen and oxygen atoms in total. The van der Waals surface area contributed by atoms with Crippen LogP contribution in [0.25, 0.3) is 0 Å². The molecule has 0 saturated heterocycles. The first-order valence-electron chi connectivity index (χ1n) is 8.13. The standard InChI is InChI=1S/C17H33N3S/c1-9-17(6,7)20(8)16-19-15(13(4)5)14(21-16)11-18-10-12(2)3/h12-13,18H,9-11H2,1-8H3. The Hall–Kier alpha value is -0.610. The maximum absolute atomic E-state index is 4.93. The molecule has 0 spiro atoms. The minimum Gasteiger partial charge on any atom is -0.346 e. The summed E-state index contributed by atoms with van der Waals surface area (Å²) in [6, 6.07) is 0. The van der Waals surface area contributed by atoms with E-state index in [0.717, 1.165) is 24.6 Å². The van der Waals surface area contributed by atoms with Gasteiger partial charge in [-0.05, 0) is 38.6 Å². The molecule has 1 aromatic heterocycles. The predicted molar refractivity (Wildman–Crippen MR) is 95.5 cm³/mol. The highest BCUT2D eigenvalue weighted by Crippen LogP contribution is 2.34. The molecule has 122 valence electrons. The Balaban J connectivity index is 2.93. The van der Waals surface area contributed by atoms with Crippen molar-refractivity contribution in [2.45, 2.75) is 72.9 Å². The van der Waals surface area contributed by atoms with Crippen LogP contribution < -0.4 is 10.2 Å². The van der Waals surface area contributed by atoms with Gasteiger partial charge in [0.25, 0.3) is 0 Å². The van der Waals surface area contributed by atoms with Gasteiger partial charge in [0.15, 0.2) is 5.13 Å². The van der Waals surface area contributed by atoms with Crippen LogP contribution in [0.2, 0.25) is 0 Å². The van der Waals surface area contributed by atoms with Gasteiger partial charge in [-0.1, -0.05) is 34.6 Å². The molecular weight excluding hydrogens is 278 g/mol. The number of hydrogen-bond acceptors (Lipinski definition) is 4. The highest BCUT2D eigenvalue weighted by atomic mass is 32.1. The molecular formula is C17H33N3S. The third kappa shape index (κ3) is 4.96. The second kappa shape index (κ2) is 7.59. The van der Waals surface area contributed by atoms with Crippen molar-refractivity contribution >= 4 is 16.5 Å². The molecule has 0 atom stereocenters. The summed E-state index contributed by atoms with van der Waals surface area (Å²) in [6.07, 6.45) is 1.11. The van der Waals surface area contributed by atoms with E-state index >= 15 is 0 Å². The van der Waals surface area contributed by atoms with Crippen molar-refractivity contribution in [2.24, 2.45) is 5.92 Å². The van der Waals surface area contributed by atoms with E-state index in [1.54, 1.807) is 0 Å². The molecule has 1 N–H and O–H groups in total. The highest BCUT2D eigenvalue weighted by Gasteiger charge is 2.25. The zero-order valence-electron chi connectivity index (χ0n) is 15.1. The summed E-state index contributed by atoms with van der Waals surface area (Å²) in [5.74, 6) is 1.16. The molecule has 21 heavy (non-hydrogen) atoms. The summed E-state index contributed by atoms with van der Waals surface area (Å²) in [7, 11) is 2.16. The lowest BCUT2D eigenvalue weighted by Crippen LogP contribution is -2.40. The van der Waals surface area contributed by atoms with Gasteiger partial charge >= 0.3 is 0 Å². The highest BCUT2D eigenvalue weighted by molar-refractivity contribution is 7.15. The Morgan fingerprint density at radius 2 is 1.86 bits per heavy atom. The van der Waals surface area contributed by atoms with Crippen LogP contribution in [0.4, 0.5) is 5.13 Å². The van der Waals surface area contributed by atoms with E-state index in [4.69, 9.17) is 4.98 Å². The van der Waals surface area contributed by atoms with Crippen LogP contribution in [0.5, 0.6) is 0 Å². The molecule has 4 heteroatoms. The van der Waals surface area contributed by atoms with Crippen molar-refractivity contribution in [1.29, 1.82) is 0 Å². The van der Waals surface area contributed by atoms with Gasteiger partial charge in [0.1, 0.15) is 0 Å². The lowest BCUT2D eigenvalue weighted by molar-refractivity contribution is 0.469. The van der Waals surface area contributed by atoms with E-state index in [-0.39, 0.29) is 5.54 Å². The van der Waals surface area contributed by atoms with Crippen molar-refractivity contribution in [1.82, 2.24) is 10.3 Å². The van der Waals surface area contributed by atoms with Crippen molar-refractivity contribution in [3.63, 3.8) is 0 Å². The fraction of sp³-hybridized carbons (Fsp3) is 0.824. The SMILES string of the molecule is CCC(C)(C)N(C)c1nc(C(C)C)c(CNCC(C)C)s1. The van der Waals surface area contributed by atoms with Crippen LogP contribution in [-0.2, 0) is 6.54 Å². The maximum Gasteiger partial charge on any atom is 0.186 e. The Bertz CT molecular complexity index is 435. The Kier molecular flexibility index (Phi) is 6.67. The molecule has 0 aliphatic carbocycles. The van der Waals surface area contributed by atoms with E-state index in [1.807, 2.05) is 11.3 Å². The first-order chi connectivity index (χ1) is 9.69. The quantitative estimate of drug-likeness (QED) is 0.758. The van der Waals surface area contributed by atoms with E-state index in [2.05, 4.69) is 65.7 Å². The van der Waals surface area contributed by atoms with Crippen LogP contribution in [-0.4, -0.2) is 24.1 Å². The van der Waals surface area contributed by atoms with E-state index in [0.29, 0.717) is 11.8 Å². The van der Waals surface area contributed by atoms with Gasteiger partial charge in [-0.25, -0.2) is 4.98 Å². The van der Waals surface area contributed by atoms with E-state index < -0.39 is 0 Å². The molecule has 1 rings (SSSR count). The average Bonchev–Trinajstić information content (AvgIpc) is 2.81. The fourth-order valence-electron chi connectivity index (χ4n) is 2.04. The smallest absolute Gasteiger partial charge is 0.186 e. The topological polar surface area (TPSA) is 28.2 Å². The van der Waals surface area contributed by atoms with E-state index in [9.17, 15) is 0 Å². The minimum absolute atomic E-state index is 0.148. The third-order valence-electron chi connectivity index (χ3n) is 4.16. The van der Waals surface area contributed by atoms with Crippen LogP contribution in [0.15, 0.2) is 0 Å². The van der Waals surface area contributed by atoms with Gasteiger partial charge < -0.3 is 10.2 Å². The van der Waals surface area contributed by atoms with Gasteiger partial charge in [-0.2, -0.15) is 0 Å². The Morgan fingerprint density at radius 3 is 2.33 bits per heavy atom. The van der Waals surface area contributed by atoms with Gasteiger partial charge in [0.05, 0.1) is 5.69 Å². The second-order valence-electron chi connectivity index (χ2n) is 7.21. The number of aromatic nitrogens is 1. The summed E-state index contributed by atoms with van der Waals surface area (Å²) >= 11 is 1.84. The number of thiazole rings is 1. The van der Waals surface area contributed by atoms with Crippen molar-refractivity contribution in [3.8, 4) is 0 Å². The Morgan fingerprint density at radius 1 is 1.24 bits per heavy atom. The summed E-state index contributed by atoms with van der Waals surface area (Å²) < 4.78 is 0. The number of hydrogen-bond donors (Lipinski definition) is 1. The van der Waals surface area contributed by atoms with Crippen LogP contribution >= 0.6 is 11.3 Å². The number of anilines is 1. The van der Waals surface area contributed by atoms with Crippen LogP contribution in [0, 0.1) is 5.92 Å². The molecule has 0 unspecified atom stereocenters. The second-order valence-corrected chi connectivity index (χ2v) is 8.27. The lowest BCUT2D eigenvalue weighted by Gasteiger charge is -2.34. The summed E-state index contributed by atoms with van der Waals surface area (Å²) in [5, 5.41) is 4.70.